The second kappa shape index (κ2) is 5.71. The summed E-state index contributed by atoms with van der Waals surface area (Å²) in [6, 6.07) is 5.76. The Morgan fingerprint density at radius 2 is 1.86 bits per heavy atom. The third kappa shape index (κ3) is 2.99. The summed E-state index contributed by atoms with van der Waals surface area (Å²) < 4.78 is 13.7. The Labute approximate surface area is 123 Å². The molecule has 1 aromatic carbocycles. The van der Waals surface area contributed by atoms with Gasteiger partial charge < -0.3 is 10.0 Å². The number of carbonyl (C=O) groups is 2. The summed E-state index contributed by atoms with van der Waals surface area (Å²) in [7, 11) is 1.52. The van der Waals surface area contributed by atoms with Gasteiger partial charge in [-0.1, -0.05) is 12.1 Å². The van der Waals surface area contributed by atoms with Gasteiger partial charge in [-0.15, -0.1) is 0 Å². The molecule has 1 saturated heterocycles. The summed E-state index contributed by atoms with van der Waals surface area (Å²) >= 11 is 0. The maximum absolute atomic E-state index is 13.7. The first kappa shape index (κ1) is 15.3. The predicted octanol–water partition coefficient (Wildman–Crippen LogP) is 2.57. The van der Waals surface area contributed by atoms with Crippen LogP contribution in [0.1, 0.15) is 19.8 Å². The molecule has 0 saturated carbocycles. The van der Waals surface area contributed by atoms with Gasteiger partial charge >= 0.3 is 12.0 Å². The molecule has 1 aliphatic rings. The molecule has 0 unspecified atom stereocenters. The zero-order valence-electron chi connectivity index (χ0n) is 12.2. The van der Waals surface area contributed by atoms with Crippen molar-refractivity contribution in [2.24, 2.45) is 5.41 Å². The van der Waals surface area contributed by atoms with Gasteiger partial charge in [-0.05, 0) is 31.9 Å². The SMILES string of the molecule is CN(C(=O)N1CCC(C)(C(=O)O)CC1)c1ccccc1F. The molecule has 0 atom stereocenters. The first-order valence-corrected chi connectivity index (χ1v) is 6.86. The first-order valence-electron chi connectivity index (χ1n) is 6.86. The number of hydrogen-bond donors (Lipinski definition) is 1. The van der Waals surface area contributed by atoms with Crippen molar-refractivity contribution < 1.29 is 19.1 Å². The van der Waals surface area contributed by atoms with E-state index in [4.69, 9.17) is 0 Å². The molecule has 1 aliphatic heterocycles. The highest BCUT2D eigenvalue weighted by atomic mass is 19.1. The minimum atomic E-state index is -0.836. The third-order valence-electron chi connectivity index (χ3n) is 4.15. The number of benzene rings is 1. The lowest BCUT2D eigenvalue weighted by atomic mass is 9.80. The van der Waals surface area contributed by atoms with Crippen LogP contribution in [0.4, 0.5) is 14.9 Å². The van der Waals surface area contributed by atoms with Gasteiger partial charge in [0.1, 0.15) is 5.82 Å². The van der Waals surface area contributed by atoms with Crippen LogP contribution in [0.2, 0.25) is 0 Å². The molecule has 0 aromatic heterocycles. The van der Waals surface area contributed by atoms with Gasteiger partial charge in [0.15, 0.2) is 0 Å². The molecule has 1 aromatic rings. The van der Waals surface area contributed by atoms with E-state index in [0.29, 0.717) is 25.9 Å². The Bertz CT molecular complexity index is 554. The number of urea groups is 1. The van der Waals surface area contributed by atoms with E-state index in [1.54, 1.807) is 30.0 Å². The second-order valence-electron chi connectivity index (χ2n) is 5.65. The van der Waals surface area contributed by atoms with Gasteiger partial charge in [0.25, 0.3) is 0 Å². The van der Waals surface area contributed by atoms with Crippen molar-refractivity contribution in [2.75, 3.05) is 25.0 Å². The van der Waals surface area contributed by atoms with Crippen LogP contribution in [-0.4, -0.2) is 42.1 Å². The van der Waals surface area contributed by atoms with Crippen molar-refractivity contribution in [1.29, 1.82) is 0 Å². The molecule has 1 N–H and O–H groups in total. The van der Waals surface area contributed by atoms with Gasteiger partial charge in [0, 0.05) is 20.1 Å². The summed E-state index contributed by atoms with van der Waals surface area (Å²) in [6.45, 7) is 2.42. The average Bonchev–Trinajstić information content (AvgIpc) is 2.47. The maximum Gasteiger partial charge on any atom is 0.324 e. The minimum absolute atomic E-state index is 0.217. The highest BCUT2D eigenvalue weighted by Gasteiger charge is 2.38. The molecular weight excluding hydrogens is 275 g/mol. The Kier molecular flexibility index (Phi) is 4.16. The van der Waals surface area contributed by atoms with Crippen molar-refractivity contribution in [3.8, 4) is 0 Å². The van der Waals surface area contributed by atoms with E-state index in [-0.39, 0.29) is 11.7 Å². The fourth-order valence-electron chi connectivity index (χ4n) is 2.44. The Morgan fingerprint density at radius 1 is 1.29 bits per heavy atom. The standard InChI is InChI=1S/C15H19FN2O3/c1-15(13(19)20)7-9-18(10-8-15)14(21)17(2)12-6-4-3-5-11(12)16/h3-6H,7-10H2,1-2H3,(H,19,20). The number of piperidine rings is 1. The topological polar surface area (TPSA) is 60.9 Å². The normalized spacial score (nSPS) is 17.4. The van der Waals surface area contributed by atoms with E-state index >= 15 is 0 Å². The molecule has 1 heterocycles. The van der Waals surface area contributed by atoms with E-state index in [1.807, 2.05) is 0 Å². The zero-order chi connectivity index (χ0) is 15.6. The Hall–Kier alpha value is -2.11. The fourth-order valence-corrected chi connectivity index (χ4v) is 2.44. The lowest BCUT2D eigenvalue weighted by Crippen LogP contribution is -2.49. The van der Waals surface area contributed by atoms with Crippen LogP contribution in [0.15, 0.2) is 24.3 Å². The quantitative estimate of drug-likeness (QED) is 0.912. The van der Waals surface area contributed by atoms with Crippen LogP contribution >= 0.6 is 0 Å². The molecule has 1 fully saturated rings. The van der Waals surface area contributed by atoms with E-state index in [2.05, 4.69) is 0 Å². The molecule has 0 bridgehead atoms. The molecular formula is C15H19FN2O3. The third-order valence-corrected chi connectivity index (χ3v) is 4.15. The maximum atomic E-state index is 13.7. The largest absolute Gasteiger partial charge is 0.481 e. The monoisotopic (exact) mass is 294 g/mol. The smallest absolute Gasteiger partial charge is 0.324 e. The van der Waals surface area contributed by atoms with Gasteiger partial charge in [-0.2, -0.15) is 0 Å². The molecule has 5 nitrogen and oxygen atoms in total. The van der Waals surface area contributed by atoms with Crippen molar-refractivity contribution in [1.82, 2.24) is 4.90 Å². The number of halogens is 1. The van der Waals surface area contributed by atoms with E-state index < -0.39 is 17.2 Å². The second-order valence-corrected chi connectivity index (χ2v) is 5.65. The summed E-state index contributed by atoms with van der Waals surface area (Å²) in [6.07, 6.45) is 0.804. The summed E-state index contributed by atoms with van der Waals surface area (Å²) in [5.74, 6) is -1.29. The molecule has 0 radical (unpaired) electrons. The number of nitrogens with zero attached hydrogens (tertiary/aromatic N) is 2. The Balaban J connectivity index is 2.06. The van der Waals surface area contributed by atoms with Crippen molar-refractivity contribution in [2.45, 2.75) is 19.8 Å². The minimum Gasteiger partial charge on any atom is -0.481 e. The van der Waals surface area contributed by atoms with Gasteiger partial charge in [-0.25, -0.2) is 9.18 Å². The number of para-hydroxylation sites is 1. The highest BCUT2D eigenvalue weighted by molar-refractivity contribution is 5.91. The zero-order valence-corrected chi connectivity index (χ0v) is 12.2. The molecule has 2 rings (SSSR count). The summed E-state index contributed by atoms with van der Waals surface area (Å²) in [5, 5.41) is 9.18. The lowest BCUT2D eigenvalue weighted by Gasteiger charge is -2.38. The van der Waals surface area contributed by atoms with Crippen LogP contribution in [-0.2, 0) is 4.79 Å². The number of likely N-dealkylation sites (tertiary alicyclic amines) is 1. The fraction of sp³-hybridized carbons (Fsp3) is 0.467. The van der Waals surface area contributed by atoms with Crippen molar-refractivity contribution >= 4 is 17.7 Å². The molecule has 6 heteroatoms. The number of carboxylic acid groups (broad SMARTS) is 1. The van der Waals surface area contributed by atoms with Crippen LogP contribution in [0.3, 0.4) is 0 Å². The summed E-state index contributed by atoms with van der Waals surface area (Å²) in [4.78, 5) is 26.4. The van der Waals surface area contributed by atoms with Gasteiger partial charge in [0.2, 0.25) is 0 Å². The summed E-state index contributed by atoms with van der Waals surface area (Å²) in [5.41, 5.74) is -0.568. The number of aliphatic carboxylic acids is 1. The van der Waals surface area contributed by atoms with Crippen molar-refractivity contribution in [3.05, 3.63) is 30.1 Å². The molecule has 21 heavy (non-hydrogen) atoms. The number of anilines is 1. The highest BCUT2D eigenvalue weighted by Crippen LogP contribution is 2.31. The van der Waals surface area contributed by atoms with E-state index in [9.17, 15) is 19.1 Å². The van der Waals surface area contributed by atoms with Crippen LogP contribution in [0.5, 0.6) is 0 Å². The number of rotatable bonds is 2. The lowest BCUT2D eigenvalue weighted by molar-refractivity contribution is -0.150. The van der Waals surface area contributed by atoms with E-state index in [1.165, 1.54) is 18.0 Å². The molecule has 114 valence electrons. The first-order chi connectivity index (χ1) is 9.85. The van der Waals surface area contributed by atoms with Crippen molar-refractivity contribution in [3.63, 3.8) is 0 Å². The number of amides is 2. The molecule has 2 amide bonds. The van der Waals surface area contributed by atoms with E-state index in [0.717, 1.165) is 0 Å². The van der Waals surface area contributed by atoms with Crippen LogP contribution in [0, 0.1) is 11.2 Å². The number of hydrogen-bond acceptors (Lipinski definition) is 2. The predicted molar refractivity (Wildman–Crippen MR) is 76.7 cm³/mol. The van der Waals surface area contributed by atoms with Gasteiger partial charge in [0.05, 0.1) is 11.1 Å². The average molecular weight is 294 g/mol. The van der Waals surface area contributed by atoms with Crippen LogP contribution < -0.4 is 4.90 Å². The Morgan fingerprint density at radius 3 is 2.38 bits per heavy atom. The number of carboxylic acids is 1. The van der Waals surface area contributed by atoms with Crippen LogP contribution in [0.25, 0.3) is 0 Å². The van der Waals surface area contributed by atoms with Gasteiger partial charge in [-0.3, -0.25) is 9.69 Å². The number of carbonyl (C=O) groups excluding carboxylic acids is 1. The molecule has 0 spiro atoms. The molecule has 0 aliphatic carbocycles.